The molecule has 0 amide bonds. The van der Waals surface area contributed by atoms with Crippen LogP contribution in [0.15, 0.2) is 36.5 Å². The molecule has 0 aromatic heterocycles. The fourth-order valence-electron chi connectivity index (χ4n) is 10.1. The van der Waals surface area contributed by atoms with E-state index in [4.69, 9.17) is 14.2 Å². The van der Waals surface area contributed by atoms with Crippen molar-refractivity contribution in [3.8, 4) is 0 Å². The number of allylic oxidation sites excluding steroid dienone is 6. The molecular formula is C69H128O6. The fraction of sp³-hybridized carbons (Fsp3) is 0.870. The quantitative estimate of drug-likeness (QED) is 0.0261. The van der Waals surface area contributed by atoms with Crippen molar-refractivity contribution >= 4 is 17.9 Å². The Morgan fingerprint density at radius 2 is 0.480 bits per heavy atom. The lowest BCUT2D eigenvalue weighted by atomic mass is 10.0. The summed E-state index contributed by atoms with van der Waals surface area (Å²) in [5, 5.41) is 0. The Kier molecular flexibility index (Phi) is 62.1. The number of carbonyl (C=O) groups is 3. The molecule has 0 heterocycles. The summed E-state index contributed by atoms with van der Waals surface area (Å²) in [6.07, 6.45) is 78.7. The first kappa shape index (κ1) is 72.6. The summed E-state index contributed by atoms with van der Waals surface area (Å²) in [5.74, 6) is -0.858. The van der Waals surface area contributed by atoms with Crippen LogP contribution in [0.1, 0.15) is 367 Å². The SMILES string of the molecule is CCCCCC/C=C\C/C=C\CCCCCCCCCC(=O)OC(COC(=O)CCCCCCCCC/C=C\CCCCCCCCC)COC(=O)CCCCCCCCCCCCCCCCCCCCCCC. The maximum Gasteiger partial charge on any atom is 0.306 e. The van der Waals surface area contributed by atoms with Crippen molar-refractivity contribution in [2.45, 2.75) is 374 Å². The van der Waals surface area contributed by atoms with Crippen LogP contribution in [-0.4, -0.2) is 37.2 Å². The average molecular weight is 1050 g/mol. The molecule has 0 spiro atoms. The van der Waals surface area contributed by atoms with E-state index in [1.54, 1.807) is 0 Å². The van der Waals surface area contributed by atoms with Gasteiger partial charge in [-0.3, -0.25) is 14.4 Å². The summed E-state index contributed by atoms with van der Waals surface area (Å²) in [6.45, 7) is 6.68. The van der Waals surface area contributed by atoms with Crippen molar-refractivity contribution in [3.05, 3.63) is 36.5 Å². The molecule has 6 nitrogen and oxygen atoms in total. The van der Waals surface area contributed by atoms with E-state index in [0.29, 0.717) is 19.3 Å². The van der Waals surface area contributed by atoms with E-state index in [0.717, 1.165) is 70.6 Å². The molecule has 0 saturated carbocycles. The third-order valence-corrected chi connectivity index (χ3v) is 15.1. The van der Waals surface area contributed by atoms with E-state index < -0.39 is 6.10 Å². The van der Waals surface area contributed by atoms with Gasteiger partial charge in [0.15, 0.2) is 6.10 Å². The van der Waals surface area contributed by atoms with Crippen molar-refractivity contribution < 1.29 is 28.6 Å². The molecule has 6 heteroatoms. The molecule has 0 aliphatic rings. The van der Waals surface area contributed by atoms with Gasteiger partial charge >= 0.3 is 17.9 Å². The Bertz CT molecular complexity index is 1250. The predicted molar refractivity (Wildman–Crippen MR) is 326 cm³/mol. The van der Waals surface area contributed by atoms with Crippen molar-refractivity contribution in [2.75, 3.05) is 13.2 Å². The van der Waals surface area contributed by atoms with E-state index in [1.807, 2.05) is 0 Å². The van der Waals surface area contributed by atoms with Gasteiger partial charge in [-0.25, -0.2) is 0 Å². The number of rotatable bonds is 62. The molecule has 1 unspecified atom stereocenters. The third-order valence-electron chi connectivity index (χ3n) is 15.1. The molecule has 0 N–H and O–H groups in total. The molecule has 0 aliphatic carbocycles. The maximum absolute atomic E-state index is 12.9. The average Bonchev–Trinajstić information content (AvgIpc) is 3.41. The van der Waals surface area contributed by atoms with Gasteiger partial charge in [-0.2, -0.15) is 0 Å². The number of esters is 3. The molecule has 75 heavy (non-hydrogen) atoms. The van der Waals surface area contributed by atoms with E-state index >= 15 is 0 Å². The van der Waals surface area contributed by atoms with E-state index in [1.165, 1.54) is 257 Å². The number of ether oxygens (including phenoxy) is 3. The van der Waals surface area contributed by atoms with Gasteiger partial charge in [0.1, 0.15) is 13.2 Å². The minimum absolute atomic E-state index is 0.0723. The summed E-state index contributed by atoms with van der Waals surface area (Å²) in [6, 6.07) is 0. The van der Waals surface area contributed by atoms with Crippen LogP contribution in [0, 0.1) is 0 Å². The van der Waals surface area contributed by atoms with Crippen LogP contribution in [-0.2, 0) is 28.6 Å². The highest BCUT2D eigenvalue weighted by atomic mass is 16.6. The standard InChI is InChI=1S/C69H128O6/c1-4-7-10-13-16-19-22-25-28-31-34-35-36-39-41-44-47-50-53-56-59-62-68(71)74-65-66(75-69(72)63-60-57-54-51-48-45-42-38-33-30-27-24-21-18-15-12-9-6-3)64-73-67(70)61-58-55-52-49-46-43-40-37-32-29-26-23-20-17-14-11-8-5-2/h21,24,29-30,32-33,66H,4-20,22-23,25-28,31,34-65H2,1-3H3/b24-21-,32-29-,33-30-. The molecule has 0 saturated heterocycles. The molecule has 0 radical (unpaired) electrons. The minimum Gasteiger partial charge on any atom is -0.462 e. The van der Waals surface area contributed by atoms with Gasteiger partial charge in [0.25, 0.3) is 0 Å². The highest BCUT2D eigenvalue weighted by Crippen LogP contribution is 2.18. The van der Waals surface area contributed by atoms with Gasteiger partial charge in [0.05, 0.1) is 0 Å². The largest absolute Gasteiger partial charge is 0.462 e. The van der Waals surface area contributed by atoms with Crippen LogP contribution in [0.3, 0.4) is 0 Å². The molecular weight excluding hydrogens is 925 g/mol. The number of unbranched alkanes of at least 4 members (excludes halogenated alkanes) is 45. The second-order valence-electron chi connectivity index (χ2n) is 22.7. The van der Waals surface area contributed by atoms with Crippen molar-refractivity contribution in [1.82, 2.24) is 0 Å². The van der Waals surface area contributed by atoms with Crippen LogP contribution in [0.2, 0.25) is 0 Å². The van der Waals surface area contributed by atoms with Crippen molar-refractivity contribution in [2.24, 2.45) is 0 Å². The summed E-state index contributed by atoms with van der Waals surface area (Å²) in [5.41, 5.74) is 0. The molecule has 1 atom stereocenters. The zero-order valence-electron chi connectivity index (χ0n) is 50.6. The summed E-state index contributed by atoms with van der Waals surface area (Å²) >= 11 is 0. The first-order valence-corrected chi connectivity index (χ1v) is 33.5. The third kappa shape index (κ3) is 62.4. The summed E-state index contributed by atoms with van der Waals surface area (Å²) in [4.78, 5) is 38.4. The Morgan fingerprint density at radius 3 is 0.760 bits per heavy atom. The number of hydrogen-bond donors (Lipinski definition) is 0. The first-order chi connectivity index (χ1) is 37.0. The highest BCUT2D eigenvalue weighted by molar-refractivity contribution is 5.71. The van der Waals surface area contributed by atoms with E-state index in [2.05, 4.69) is 57.2 Å². The smallest absolute Gasteiger partial charge is 0.306 e. The minimum atomic E-state index is -0.777. The Hall–Kier alpha value is -2.37. The zero-order chi connectivity index (χ0) is 54.3. The van der Waals surface area contributed by atoms with Crippen LogP contribution < -0.4 is 0 Å². The lowest BCUT2D eigenvalue weighted by Crippen LogP contribution is -2.30. The molecule has 0 aromatic rings. The van der Waals surface area contributed by atoms with E-state index in [9.17, 15) is 14.4 Å². The Labute approximate surface area is 467 Å². The van der Waals surface area contributed by atoms with Crippen LogP contribution in [0.4, 0.5) is 0 Å². The zero-order valence-corrected chi connectivity index (χ0v) is 50.6. The summed E-state index contributed by atoms with van der Waals surface area (Å²) in [7, 11) is 0. The number of hydrogen-bond acceptors (Lipinski definition) is 6. The van der Waals surface area contributed by atoms with Gasteiger partial charge in [0, 0.05) is 19.3 Å². The van der Waals surface area contributed by atoms with Crippen LogP contribution in [0.25, 0.3) is 0 Å². The molecule has 0 aliphatic heterocycles. The lowest BCUT2D eigenvalue weighted by molar-refractivity contribution is -0.167. The molecule has 440 valence electrons. The second-order valence-corrected chi connectivity index (χ2v) is 22.7. The van der Waals surface area contributed by atoms with Gasteiger partial charge in [-0.15, -0.1) is 0 Å². The van der Waals surface area contributed by atoms with E-state index in [-0.39, 0.29) is 31.1 Å². The molecule has 0 bridgehead atoms. The van der Waals surface area contributed by atoms with Gasteiger partial charge < -0.3 is 14.2 Å². The molecule has 0 rings (SSSR count). The fourth-order valence-corrected chi connectivity index (χ4v) is 10.1. The predicted octanol–water partition coefficient (Wildman–Crippen LogP) is 22.8. The molecule has 0 fully saturated rings. The molecule has 0 aromatic carbocycles. The van der Waals surface area contributed by atoms with Gasteiger partial charge in [-0.05, 0) is 77.0 Å². The second kappa shape index (κ2) is 64.2. The van der Waals surface area contributed by atoms with Crippen molar-refractivity contribution in [3.63, 3.8) is 0 Å². The Balaban J connectivity index is 4.33. The maximum atomic E-state index is 12.9. The monoisotopic (exact) mass is 1050 g/mol. The van der Waals surface area contributed by atoms with Crippen LogP contribution in [0.5, 0.6) is 0 Å². The normalized spacial score (nSPS) is 12.2. The van der Waals surface area contributed by atoms with Gasteiger partial charge in [0.2, 0.25) is 0 Å². The topological polar surface area (TPSA) is 78.9 Å². The summed E-state index contributed by atoms with van der Waals surface area (Å²) < 4.78 is 17.0. The Morgan fingerprint density at radius 1 is 0.267 bits per heavy atom. The highest BCUT2D eigenvalue weighted by Gasteiger charge is 2.19. The lowest BCUT2D eigenvalue weighted by Gasteiger charge is -2.18. The van der Waals surface area contributed by atoms with Crippen molar-refractivity contribution in [1.29, 1.82) is 0 Å². The number of carbonyl (C=O) groups excluding carboxylic acids is 3. The van der Waals surface area contributed by atoms with Crippen LogP contribution >= 0.6 is 0 Å². The van der Waals surface area contributed by atoms with Gasteiger partial charge in [-0.1, -0.05) is 308 Å². The first-order valence-electron chi connectivity index (χ1n) is 33.5.